The molecular formula is C18H15ClFN3O2S. The molecule has 5 nitrogen and oxygen atoms in total. The summed E-state index contributed by atoms with van der Waals surface area (Å²) in [5.74, 6) is 0.447. The van der Waals surface area contributed by atoms with Gasteiger partial charge in [-0.3, -0.25) is 4.79 Å². The summed E-state index contributed by atoms with van der Waals surface area (Å²) in [6, 6.07) is 7.39. The van der Waals surface area contributed by atoms with Crippen LogP contribution in [0, 0.1) is 19.7 Å². The Bertz CT molecular complexity index is 942. The largest absolute Gasteiger partial charge is 0.361 e. The molecule has 0 saturated carbocycles. The second kappa shape index (κ2) is 7.88. The number of amides is 1. The molecule has 0 saturated heterocycles. The molecule has 134 valence electrons. The molecule has 2 aromatic heterocycles. The van der Waals surface area contributed by atoms with Crippen LogP contribution in [0.4, 0.5) is 10.1 Å². The van der Waals surface area contributed by atoms with E-state index in [0.29, 0.717) is 22.0 Å². The molecule has 1 aromatic carbocycles. The minimum Gasteiger partial charge on any atom is -0.361 e. The molecule has 3 rings (SSSR count). The molecule has 0 atom stereocenters. The summed E-state index contributed by atoms with van der Waals surface area (Å²) in [5.41, 5.74) is 2.63. The molecule has 0 spiro atoms. The molecule has 1 N–H and O–H groups in total. The van der Waals surface area contributed by atoms with Crippen molar-refractivity contribution in [2.75, 3.05) is 5.32 Å². The molecule has 0 radical (unpaired) electrons. The summed E-state index contributed by atoms with van der Waals surface area (Å²) < 4.78 is 18.4. The van der Waals surface area contributed by atoms with Crippen molar-refractivity contribution in [2.24, 2.45) is 0 Å². The van der Waals surface area contributed by atoms with Crippen molar-refractivity contribution in [3.05, 3.63) is 69.9 Å². The first-order valence-electron chi connectivity index (χ1n) is 7.71. The number of carbonyl (C=O) groups is 1. The summed E-state index contributed by atoms with van der Waals surface area (Å²) in [6.45, 7) is 3.72. The highest BCUT2D eigenvalue weighted by Crippen LogP contribution is 2.28. The molecule has 0 fully saturated rings. The van der Waals surface area contributed by atoms with E-state index in [2.05, 4.69) is 15.5 Å². The first-order chi connectivity index (χ1) is 12.5. The number of halogens is 2. The van der Waals surface area contributed by atoms with E-state index in [-0.39, 0.29) is 10.9 Å². The highest BCUT2D eigenvalue weighted by atomic mass is 35.5. The van der Waals surface area contributed by atoms with Crippen molar-refractivity contribution in [1.82, 2.24) is 10.1 Å². The van der Waals surface area contributed by atoms with E-state index in [0.717, 1.165) is 17.0 Å². The molecule has 0 bridgehead atoms. The van der Waals surface area contributed by atoms with Crippen molar-refractivity contribution >= 4 is 35.0 Å². The monoisotopic (exact) mass is 391 g/mol. The van der Waals surface area contributed by atoms with Gasteiger partial charge in [-0.1, -0.05) is 16.8 Å². The Morgan fingerprint density at radius 2 is 2.15 bits per heavy atom. The third kappa shape index (κ3) is 4.05. The normalized spacial score (nSPS) is 10.8. The summed E-state index contributed by atoms with van der Waals surface area (Å²) >= 11 is 7.17. The van der Waals surface area contributed by atoms with Gasteiger partial charge in [-0.05, 0) is 44.2 Å². The Morgan fingerprint density at radius 3 is 2.85 bits per heavy atom. The van der Waals surface area contributed by atoms with Gasteiger partial charge >= 0.3 is 0 Å². The lowest BCUT2D eigenvalue weighted by atomic mass is 10.2. The number of pyridine rings is 1. The maximum atomic E-state index is 13.3. The van der Waals surface area contributed by atoms with Gasteiger partial charge in [-0.25, -0.2) is 9.37 Å². The van der Waals surface area contributed by atoms with Crippen LogP contribution in [0.3, 0.4) is 0 Å². The van der Waals surface area contributed by atoms with Crippen molar-refractivity contribution in [1.29, 1.82) is 0 Å². The molecular weight excluding hydrogens is 377 g/mol. The molecule has 0 aliphatic rings. The fourth-order valence-corrected chi connectivity index (χ4v) is 3.62. The van der Waals surface area contributed by atoms with Crippen LogP contribution in [0.5, 0.6) is 0 Å². The Balaban J connectivity index is 1.77. The zero-order chi connectivity index (χ0) is 18.7. The number of thioether (sulfide) groups is 1. The van der Waals surface area contributed by atoms with Gasteiger partial charge in [-0.15, -0.1) is 11.8 Å². The summed E-state index contributed by atoms with van der Waals surface area (Å²) in [5, 5.41) is 7.16. The Morgan fingerprint density at radius 1 is 1.35 bits per heavy atom. The lowest BCUT2D eigenvalue weighted by molar-refractivity contribution is 0.102. The maximum absolute atomic E-state index is 13.3. The first kappa shape index (κ1) is 18.4. The van der Waals surface area contributed by atoms with Crippen LogP contribution in [0.15, 0.2) is 46.1 Å². The minimum atomic E-state index is -0.540. The van der Waals surface area contributed by atoms with Crippen molar-refractivity contribution < 1.29 is 13.7 Å². The molecule has 3 aromatic rings. The highest BCUT2D eigenvalue weighted by molar-refractivity contribution is 7.98. The fourth-order valence-electron chi connectivity index (χ4n) is 2.30. The number of aryl methyl sites for hydroxylation is 2. The smallest absolute Gasteiger partial charge is 0.258 e. The number of nitrogens with one attached hydrogen (secondary N) is 1. The molecule has 1 amide bonds. The number of nitrogens with zero attached hydrogens (tertiary/aromatic N) is 2. The Labute approximate surface area is 158 Å². The van der Waals surface area contributed by atoms with Crippen LogP contribution >= 0.6 is 23.4 Å². The first-order valence-corrected chi connectivity index (χ1v) is 9.08. The fraction of sp³-hybridized carbons (Fsp3) is 0.167. The number of anilines is 1. The highest BCUT2D eigenvalue weighted by Gasteiger charge is 2.16. The van der Waals surface area contributed by atoms with Gasteiger partial charge in [-0.2, -0.15) is 0 Å². The van der Waals surface area contributed by atoms with Gasteiger partial charge in [0.05, 0.1) is 16.3 Å². The Hall–Kier alpha value is -2.38. The summed E-state index contributed by atoms with van der Waals surface area (Å²) in [7, 11) is 0. The Kier molecular flexibility index (Phi) is 5.58. The van der Waals surface area contributed by atoms with Crippen LogP contribution < -0.4 is 5.32 Å². The lowest BCUT2D eigenvalue weighted by Crippen LogP contribution is -2.13. The molecule has 8 heteroatoms. The SMILES string of the molecule is Cc1noc(C)c1CSc1ncccc1C(=O)Nc1ccc(F)c(Cl)c1. The van der Waals surface area contributed by atoms with Gasteiger partial charge in [0.15, 0.2) is 0 Å². The summed E-state index contributed by atoms with van der Waals surface area (Å²) in [6.07, 6.45) is 1.63. The average Bonchev–Trinajstić information content (AvgIpc) is 2.94. The second-order valence-corrected chi connectivity index (χ2v) is 6.90. The minimum absolute atomic E-state index is 0.0537. The molecule has 2 heterocycles. The van der Waals surface area contributed by atoms with E-state index < -0.39 is 5.82 Å². The van der Waals surface area contributed by atoms with Crippen LogP contribution in [-0.2, 0) is 5.75 Å². The van der Waals surface area contributed by atoms with Crippen molar-refractivity contribution in [3.63, 3.8) is 0 Å². The van der Waals surface area contributed by atoms with E-state index in [1.165, 1.54) is 30.0 Å². The molecule has 0 aliphatic carbocycles. The number of hydrogen-bond donors (Lipinski definition) is 1. The standard InChI is InChI=1S/C18H15ClFN3O2S/c1-10-14(11(2)25-23-10)9-26-18-13(4-3-7-21-18)17(24)22-12-5-6-16(20)15(19)8-12/h3-8H,9H2,1-2H3,(H,22,24). The predicted octanol–water partition coefficient (Wildman–Crippen LogP) is 5.02. The number of rotatable bonds is 5. The van der Waals surface area contributed by atoms with E-state index in [9.17, 15) is 9.18 Å². The van der Waals surface area contributed by atoms with Crippen LogP contribution in [-0.4, -0.2) is 16.0 Å². The van der Waals surface area contributed by atoms with Crippen molar-refractivity contribution in [3.8, 4) is 0 Å². The number of carbonyl (C=O) groups excluding carboxylic acids is 1. The van der Waals surface area contributed by atoms with Gasteiger partial charge in [0.25, 0.3) is 5.91 Å². The van der Waals surface area contributed by atoms with Crippen molar-refractivity contribution in [2.45, 2.75) is 24.6 Å². The van der Waals surface area contributed by atoms with E-state index >= 15 is 0 Å². The molecule has 26 heavy (non-hydrogen) atoms. The van der Waals surface area contributed by atoms with E-state index in [4.69, 9.17) is 16.1 Å². The van der Waals surface area contributed by atoms with Crippen LogP contribution in [0.2, 0.25) is 5.02 Å². The quantitative estimate of drug-likeness (QED) is 0.618. The van der Waals surface area contributed by atoms with Gasteiger partial charge in [0.1, 0.15) is 16.6 Å². The lowest BCUT2D eigenvalue weighted by Gasteiger charge is -2.09. The third-order valence-corrected chi connectivity index (χ3v) is 5.05. The third-order valence-electron chi connectivity index (χ3n) is 3.73. The average molecular weight is 392 g/mol. The van der Waals surface area contributed by atoms with E-state index in [1.54, 1.807) is 18.3 Å². The number of hydrogen-bond acceptors (Lipinski definition) is 5. The zero-order valence-corrected chi connectivity index (χ0v) is 15.6. The number of aromatic nitrogens is 2. The van der Waals surface area contributed by atoms with Gasteiger partial charge in [0, 0.05) is 23.2 Å². The van der Waals surface area contributed by atoms with Gasteiger partial charge in [0.2, 0.25) is 0 Å². The summed E-state index contributed by atoms with van der Waals surface area (Å²) in [4.78, 5) is 16.9. The predicted molar refractivity (Wildman–Crippen MR) is 99.1 cm³/mol. The second-order valence-electron chi connectivity index (χ2n) is 5.53. The molecule has 0 aliphatic heterocycles. The van der Waals surface area contributed by atoms with Crippen LogP contribution in [0.1, 0.15) is 27.4 Å². The number of benzene rings is 1. The van der Waals surface area contributed by atoms with Gasteiger partial charge < -0.3 is 9.84 Å². The maximum Gasteiger partial charge on any atom is 0.258 e. The van der Waals surface area contributed by atoms with Crippen LogP contribution in [0.25, 0.3) is 0 Å². The molecule has 0 unspecified atom stereocenters. The van der Waals surface area contributed by atoms with E-state index in [1.807, 2.05) is 13.8 Å². The topological polar surface area (TPSA) is 68.0 Å². The zero-order valence-electron chi connectivity index (χ0n) is 14.0.